The first kappa shape index (κ1) is 18.3. The first-order chi connectivity index (χ1) is 11.1. The fraction of sp³-hybridized carbons (Fsp3) is 0.471. The van der Waals surface area contributed by atoms with E-state index in [1.165, 1.54) is 6.07 Å². The number of carbonyl (C=O) groups is 3. The van der Waals surface area contributed by atoms with E-state index in [9.17, 15) is 19.5 Å². The van der Waals surface area contributed by atoms with Gasteiger partial charge in [0.05, 0.1) is 10.6 Å². The number of hydrogen-bond donors (Lipinski definition) is 2. The van der Waals surface area contributed by atoms with Crippen molar-refractivity contribution in [1.29, 1.82) is 0 Å². The average Bonchev–Trinajstić information content (AvgIpc) is 2.76. The number of hydrogen-bond acceptors (Lipinski definition) is 4. The van der Waals surface area contributed by atoms with Gasteiger partial charge in [-0.3, -0.25) is 20.4 Å². The summed E-state index contributed by atoms with van der Waals surface area (Å²) >= 11 is 5.93. The number of amides is 2. The Balaban J connectivity index is 2.05. The first-order valence-electron chi connectivity index (χ1n) is 7.67. The van der Waals surface area contributed by atoms with Crippen LogP contribution in [0.5, 0.6) is 0 Å². The number of benzene rings is 1. The van der Waals surface area contributed by atoms with Gasteiger partial charge < -0.3 is 9.90 Å². The Labute approximate surface area is 145 Å². The van der Waals surface area contributed by atoms with E-state index in [0.29, 0.717) is 12.8 Å². The van der Waals surface area contributed by atoms with Crippen LogP contribution in [0.3, 0.4) is 0 Å². The SMILES string of the molecule is CC1(C)[C@H](C(=O)NNC(=O)c2ccccc2Cl)CC[C@]1(C)C(=O)[O-]. The summed E-state index contributed by atoms with van der Waals surface area (Å²) in [5.74, 6) is -2.67. The third-order valence-corrected chi connectivity index (χ3v) is 5.74. The van der Waals surface area contributed by atoms with Crippen LogP contribution >= 0.6 is 11.6 Å². The lowest BCUT2D eigenvalue weighted by molar-refractivity contribution is -0.323. The number of carboxylic acid groups (broad SMARTS) is 1. The van der Waals surface area contributed by atoms with Gasteiger partial charge in [-0.2, -0.15) is 0 Å². The zero-order valence-corrected chi connectivity index (χ0v) is 14.6. The molecule has 1 aromatic carbocycles. The van der Waals surface area contributed by atoms with Gasteiger partial charge in [0.25, 0.3) is 5.91 Å². The molecule has 0 unspecified atom stereocenters. The highest BCUT2D eigenvalue weighted by Gasteiger charge is 2.54. The minimum Gasteiger partial charge on any atom is -0.550 e. The summed E-state index contributed by atoms with van der Waals surface area (Å²) < 4.78 is 0. The van der Waals surface area contributed by atoms with Crippen molar-refractivity contribution in [2.24, 2.45) is 16.7 Å². The minimum atomic E-state index is -1.16. The van der Waals surface area contributed by atoms with E-state index >= 15 is 0 Å². The van der Waals surface area contributed by atoms with Crippen LogP contribution in [-0.4, -0.2) is 17.8 Å². The van der Waals surface area contributed by atoms with Crippen molar-refractivity contribution in [3.63, 3.8) is 0 Å². The number of aliphatic carboxylic acids is 1. The van der Waals surface area contributed by atoms with Crippen LogP contribution in [0.25, 0.3) is 0 Å². The molecule has 0 bridgehead atoms. The maximum atomic E-state index is 12.4. The van der Waals surface area contributed by atoms with Gasteiger partial charge in [-0.25, -0.2) is 0 Å². The summed E-state index contributed by atoms with van der Waals surface area (Å²) in [5.41, 5.74) is 3.04. The van der Waals surface area contributed by atoms with Crippen molar-refractivity contribution in [3.8, 4) is 0 Å². The summed E-state index contributed by atoms with van der Waals surface area (Å²) in [6, 6.07) is 6.47. The molecule has 1 aliphatic carbocycles. The Morgan fingerprint density at radius 3 is 2.33 bits per heavy atom. The normalized spacial score (nSPS) is 25.1. The van der Waals surface area contributed by atoms with Crippen LogP contribution in [0.15, 0.2) is 24.3 Å². The van der Waals surface area contributed by atoms with Crippen molar-refractivity contribution in [3.05, 3.63) is 34.9 Å². The van der Waals surface area contributed by atoms with E-state index in [2.05, 4.69) is 10.9 Å². The quantitative estimate of drug-likeness (QED) is 0.802. The second-order valence-electron chi connectivity index (χ2n) is 6.86. The predicted octanol–water partition coefficient (Wildman–Crippen LogP) is 1.29. The molecule has 1 fully saturated rings. The van der Waals surface area contributed by atoms with Gasteiger partial charge in [0.2, 0.25) is 5.91 Å². The van der Waals surface area contributed by atoms with Crippen LogP contribution in [0.1, 0.15) is 44.0 Å². The lowest BCUT2D eigenvalue weighted by Crippen LogP contribution is -2.52. The van der Waals surface area contributed by atoms with E-state index in [4.69, 9.17) is 11.6 Å². The van der Waals surface area contributed by atoms with Crippen LogP contribution in [0.2, 0.25) is 5.02 Å². The van der Waals surface area contributed by atoms with Crippen LogP contribution in [-0.2, 0) is 9.59 Å². The molecular weight excluding hydrogens is 332 g/mol. The molecule has 1 aromatic rings. The number of nitrogens with one attached hydrogen (secondary N) is 2. The molecule has 1 saturated carbocycles. The molecule has 2 rings (SSSR count). The van der Waals surface area contributed by atoms with Crippen LogP contribution < -0.4 is 16.0 Å². The van der Waals surface area contributed by atoms with Gasteiger partial charge in [0, 0.05) is 17.3 Å². The second-order valence-corrected chi connectivity index (χ2v) is 7.26. The summed E-state index contributed by atoms with van der Waals surface area (Å²) in [6.07, 6.45) is 0.754. The third-order valence-electron chi connectivity index (χ3n) is 5.41. The van der Waals surface area contributed by atoms with Crippen molar-refractivity contribution < 1.29 is 19.5 Å². The van der Waals surface area contributed by atoms with E-state index in [1.807, 2.05) is 0 Å². The van der Waals surface area contributed by atoms with E-state index in [0.717, 1.165) is 0 Å². The molecule has 130 valence electrons. The summed E-state index contributed by atoms with van der Waals surface area (Å²) in [5, 5.41) is 11.7. The Morgan fingerprint density at radius 2 is 1.79 bits per heavy atom. The van der Waals surface area contributed by atoms with E-state index in [-0.39, 0.29) is 10.6 Å². The van der Waals surface area contributed by atoms with Crippen LogP contribution in [0.4, 0.5) is 0 Å². The van der Waals surface area contributed by atoms with Gasteiger partial charge in [-0.05, 0) is 30.4 Å². The van der Waals surface area contributed by atoms with E-state index in [1.54, 1.807) is 39.0 Å². The van der Waals surface area contributed by atoms with Gasteiger partial charge in [0.15, 0.2) is 0 Å². The maximum Gasteiger partial charge on any atom is 0.271 e. The highest BCUT2D eigenvalue weighted by Crippen LogP contribution is 2.55. The fourth-order valence-corrected chi connectivity index (χ4v) is 3.46. The summed E-state index contributed by atoms with van der Waals surface area (Å²) in [4.78, 5) is 36.0. The van der Waals surface area contributed by atoms with Crippen molar-refractivity contribution in [2.45, 2.75) is 33.6 Å². The topological polar surface area (TPSA) is 98.3 Å². The van der Waals surface area contributed by atoms with Gasteiger partial charge in [-0.15, -0.1) is 0 Å². The second kappa shape index (κ2) is 6.43. The molecule has 24 heavy (non-hydrogen) atoms. The monoisotopic (exact) mass is 351 g/mol. The van der Waals surface area contributed by atoms with Crippen molar-refractivity contribution >= 4 is 29.4 Å². The highest BCUT2D eigenvalue weighted by atomic mass is 35.5. The highest BCUT2D eigenvalue weighted by molar-refractivity contribution is 6.33. The largest absolute Gasteiger partial charge is 0.550 e. The molecule has 0 saturated heterocycles. The number of carbonyl (C=O) groups excluding carboxylic acids is 3. The number of hydrazine groups is 1. The maximum absolute atomic E-state index is 12.4. The Kier molecular flexibility index (Phi) is 4.90. The Morgan fingerprint density at radius 1 is 1.17 bits per heavy atom. The molecule has 7 heteroatoms. The minimum absolute atomic E-state index is 0.240. The van der Waals surface area contributed by atoms with Gasteiger partial charge in [0.1, 0.15) is 0 Å². The molecule has 2 N–H and O–H groups in total. The van der Waals surface area contributed by atoms with Gasteiger partial charge in [-0.1, -0.05) is 44.5 Å². The third kappa shape index (κ3) is 2.98. The first-order valence-corrected chi connectivity index (χ1v) is 8.05. The standard InChI is InChI=1S/C17H21ClN2O4/c1-16(2)11(8-9-17(16,3)15(23)24)14(22)20-19-13(21)10-6-4-5-7-12(10)18/h4-7,11H,8-9H2,1-3H3,(H,19,21)(H,20,22)(H,23,24)/p-1/t11-,17+/m0/s1. The zero-order valence-electron chi connectivity index (χ0n) is 13.8. The predicted molar refractivity (Wildman–Crippen MR) is 86.7 cm³/mol. The Hall–Kier alpha value is -2.08. The molecule has 2 atom stereocenters. The number of halogens is 1. The number of rotatable bonds is 3. The molecule has 1 aliphatic rings. The van der Waals surface area contributed by atoms with E-state index < -0.39 is 34.5 Å². The number of carboxylic acids is 1. The molecule has 0 heterocycles. The summed E-state index contributed by atoms with van der Waals surface area (Å²) in [7, 11) is 0. The summed E-state index contributed by atoms with van der Waals surface area (Å²) in [6.45, 7) is 5.06. The average molecular weight is 352 g/mol. The molecule has 0 aromatic heterocycles. The smallest absolute Gasteiger partial charge is 0.271 e. The molecule has 0 aliphatic heterocycles. The zero-order chi connectivity index (χ0) is 18.1. The molecule has 0 radical (unpaired) electrons. The molecule has 2 amide bonds. The van der Waals surface area contributed by atoms with Gasteiger partial charge >= 0.3 is 0 Å². The van der Waals surface area contributed by atoms with Crippen molar-refractivity contribution in [2.75, 3.05) is 0 Å². The lowest BCUT2D eigenvalue weighted by atomic mass is 9.65. The molecule has 0 spiro atoms. The fourth-order valence-electron chi connectivity index (χ4n) is 3.24. The Bertz CT molecular complexity index is 689. The molecule has 6 nitrogen and oxygen atoms in total. The lowest BCUT2D eigenvalue weighted by Gasteiger charge is -2.41. The van der Waals surface area contributed by atoms with Crippen molar-refractivity contribution in [1.82, 2.24) is 10.9 Å². The molecular formula is C17H20ClN2O4-. The van der Waals surface area contributed by atoms with Crippen LogP contribution in [0, 0.1) is 16.7 Å².